The zero-order valence-corrected chi connectivity index (χ0v) is 12.2. The van der Waals surface area contributed by atoms with Crippen LogP contribution in [0, 0.1) is 11.8 Å². The Balaban J connectivity index is 2.46. The molecule has 0 spiro atoms. The summed E-state index contributed by atoms with van der Waals surface area (Å²) >= 11 is 0. The summed E-state index contributed by atoms with van der Waals surface area (Å²) in [5.74, 6) is 0.980. The number of carboxylic acid groups (broad SMARTS) is 1. The molecule has 1 fully saturated rings. The summed E-state index contributed by atoms with van der Waals surface area (Å²) < 4.78 is 0. The highest BCUT2D eigenvalue weighted by molar-refractivity contribution is 5.66. The molecule has 0 amide bonds. The Hall–Kier alpha value is -0.570. The van der Waals surface area contributed by atoms with Crippen molar-refractivity contribution in [2.45, 2.75) is 65.3 Å². The summed E-state index contributed by atoms with van der Waals surface area (Å²) in [7, 11) is 0. The highest BCUT2D eigenvalue weighted by atomic mass is 16.4. The lowest BCUT2D eigenvalue weighted by Crippen LogP contribution is -2.36. The molecule has 1 aliphatic carbocycles. The van der Waals surface area contributed by atoms with E-state index in [9.17, 15) is 4.79 Å². The third kappa shape index (κ3) is 4.97. The van der Waals surface area contributed by atoms with Gasteiger partial charge in [-0.1, -0.05) is 33.6 Å². The number of hydrogen-bond donors (Lipinski definition) is 1. The minimum absolute atomic E-state index is 0.276. The van der Waals surface area contributed by atoms with Gasteiger partial charge in [-0.15, -0.1) is 0 Å². The molecule has 18 heavy (non-hydrogen) atoms. The Morgan fingerprint density at radius 1 is 1.28 bits per heavy atom. The fourth-order valence-electron chi connectivity index (χ4n) is 3.18. The van der Waals surface area contributed by atoms with Crippen molar-refractivity contribution in [1.82, 2.24) is 4.90 Å². The van der Waals surface area contributed by atoms with Gasteiger partial charge in [0.1, 0.15) is 0 Å². The van der Waals surface area contributed by atoms with E-state index in [1.165, 1.54) is 32.1 Å². The van der Waals surface area contributed by atoms with Crippen LogP contribution in [0.15, 0.2) is 0 Å². The molecule has 0 saturated heterocycles. The summed E-state index contributed by atoms with van der Waals surface area (Å²) in [6.45, 7) is 8.49. The van der Waals surface area contributed by atoms with E-state index in [0.29, 0.717) is 12.6 Å². The maximum absolute atomic E-state index is 10.7. The van der Waals surface area contributed by atoms with Gasteiger partial charge in [0, 0.05) is 12.6 Å². The van der Waals surface area contributed by atoms with Crippen LogP contribution in [-0.4, -0.2) is 35.1 Å². The Kier molecular flexibility index (Phi) is 6.69. The summed E-state index contributed by atoms with van der Waals surface area (Å²) in [6, 6.07) is 0.609. The van der Waals surface area contributed by atoms with Gasteiger partial charge in [-0.05, 0) is 37.6 Å². The van der Waals surface area contributed by atoms with Crippen molar-refractivity contribution in [3.05, 3.63) is 0 Å². The maximum atomic E-state index is 10.7. The first-order chi connectivity index (χ1) is 8.54. The molecular formula is C15H29NO2. The van der Waals surface area contributed by atoms with Crippen molar-refractivity contribution in [1.29, 1.82) is 0 Å². The first-order valence-electron chi connectivity index (χ1n) is 7.50. The fraction of sp³-hybridized carbons (Fsp3) is 0.933. The number of carbonyl (C=O) groups is 1. The smallest absolute Gasteiger partial charge is 0.304 e. The van der Waals surface area contributed by atoms with E-state index in [1.54, 1.807) is 0 Å². The summed E-state index contributed by atoms with van der Waals surface area (Å²) in [6.07, 6.45) is 6.73. The molecule has 1 saturated carbocycles. The van der Waals surface area contributed by atoms with E-state index in [2.05, 4.69) is 25.7 Å². The van der Waals surface area contributed by atoms with E-state index in [-0.39, 0.29) is 6.42 Å². The van der Waals surface area contributed by atoms with Crippen molar-refractivity contribution < 1.29 is 9.90 Å². The van der Waals surface area contributed by atoms with Gasteiger partial charge in [-0.25, -0.2) is 0 Å². The molecule has 1 rings (SSSR count). The topological polar surface area (TPSA) is 40.5 Å². The minimum Gasteiger partial charge on any atom is -0.481 e. The Bertz CT molecular complexity index is 253. The van der Waals surface area contributed by atoms with Crippen molar-refractivity contribution in [3.8, 4) is 0 Å². The molecule has 0 aliphatic heterocycles. The van der Waals surface area contributed by atoms with Crippen LogP contribution in [0.5, 0.6) is 0 Å². The Labute approximate surface area is 112 Å². The molecule has 0 aromatic heterocycles. The van der Waals surface area contributed by atoms with Crippen LogP contribution < -0.4 is 0 Å². The highest BCUT2D eigenvalue weighted by Gasteiger charge is 2.24. The minimum atomic E-state index is -0.679. The second kappa shape index (κ2) is 7.78. The zero-order valence-electron chi connectivity index (χ0n) is 12.2. The molecule has 1 aliphatic rings. The third-order valence-corrected chi connectivity index (χ3v) is 4.46. The SMILES string of the molecule is CCN(CCC(=O)O)C1CCCC(C(C)C)CC1. The molecule has 0 bridgehead atoms. The van der Waals surface area contributed by atoms with E-state index in [4.69, 9.17) is 5.11 Å². The van der Waals surface area contributed by atoms with E-state index < -0.39 is 5.97 Å². The van der Waals surface area contributed by atoms with Gasteiger partial charge in [0.05, 0.1) is 6.42 Å². The highest BCUT2D eigenvalue weighted by Crippen LogP contribution is 2.30. The summed E-state index contributed by atoms with van der Waals surface area (Å²) in [5, 5.41) is 8.80. The van der Waals surface area contributed by atoms with E-state index in [1.807, 2.05) is 0 Å². The van der Waals surface area contributed by atoms with Crippen molar-refractivity contribution in [2.75, 3.05) is 13.1 Å². The number of aliphatic carboxylic acids is 1. The fourth-order valence-corrected chi connectivity index (χ4v) is 3.18. The predicted octanol–water partition coefficient (Wildman–Crippen LogP) is 3.39. The predicted molar refractivity (Wildman–Crippen MR) is 74.7 cm³/mol. The van der Waals surface area contributed by atoms with Gasteiger partial charge in [-0.2, -0.15) is 0 Å². The van der Waals surface area contributed by atoms with Crippen molar-refractivity contribution in [3.63, 3.8) is 0 Å². The van der Waals surface area contributed by atoms with Gasteiger partial charge in [0.25, 0.3) is 0 Å². The maximum Gasteiger partial charge on any atom is 0.304 e. The standard InChI is InChI=1S/C15H29NO2/c1-4-16(11-10-15(17)18)14-7-5-6-13(8-9-14)12(2)3/h12-14H,4-11H2,1-3H3,(H,17,18). The number of hydrogen-bond acceptors (Lipinski definition) is 2. The van der Waals surface area contributed by atoms with Gasteiger partial charge in [0.2, 0.25) is 0 Å². The second-order valence-corrected chi connectivity index (χ2v) is 5.94. The van der Waals surface area contributed by atoms with Crippen LogP contribution in [0.1, 0.15) is 59.3 Å². The van der Waals surface area contributed by atoms with E-state index >= 15 is 0 Å². The molecule has 2 atom stereocenters. The normalized spacial score (nSPS) is 25.4. The monoisotopic (exact) mass is 255 g/mol. The first-order valence-corrected chi connectivity index (χ1v) is 7.50. The van der Waals surface area contributed by atoms with Crippen LogP contribution in [0.2, 0.25) is 0 Å². The van der Waals surface area contributed by atoms with Crippen LogP contribution >= 0.6 is 0 Å². The van der Waals surface area contributed by atoms with Crippen LogP contribution in [0.3, 0.4) is 0 Å². The van der Waals surface area contributed by atoms with E-state index in [0.717, 1.165) is 18.4 Å². The van der Waals surface area contributed by atoms with Gasteiger partial charge in [0.15, 0.2) is 0 Å². The van der Waals surface area contributed by atoms with Crippen LogP contribution in [-0.2, 0) is 4.79 Å². The lowest BCUT2D eigenvalue weighted by Gasteiger charge is -2.29. The molecule has 3 nitrogen and oxygen atoms in total. The molecule has 0 aromatic rings. The Morgan fingerprint density at radius 2 is 2.00 bits per heavy atom. The zero-order chi connectivity index (χ0) is 13.5. The molecule has 3 heteroatoms. The largest absolute Gasteiger partial charge is 0.481 e. The molecule has 2 unspecified atom stereocenters. The molecule has 0 heterocycles. The molecule has 0 aromatic carbocycles. The van der Waals surface area contributed by atoms with Crippen molar-refractivity contribution >= 4 is 5.97 Å². The third-order valence-electron chi connectivity index (χ3n) is 4.46. The molecule has 106 valence electrons. The van der Waals surface area contributed by atoms with Gasteiger partial charge >= 0.3 is 5.97 Å². The molecular weight excluding hydrogens is 226 g/mol. The average molecular weight is 255 g/mol. The second-order valence-electron chi connectivity index (χ2n) is 5.94. The molecule has 0 radical (unpaired) electrons. The van der Waals surface area contributed by atoms with Crippen molar-refractivity contribution in [2.24, 2.45) is 11.8 Å². The van der Waals surface area contributed by atoms with Crippen LogP contribution in [0.25, 0.3) is 0 Å². The number of carboxylic acids is 1. The van der Waals surface area contributed by atoms with Gasteiger partial charge < -0.3 is 10.0 Å². The Morgan fingerprint density at radius 3 is 2.56 bits per heavy atom. The average Bonchev–Trinajstić information content (AvgIpc) is 2.55. The number of rotatable bonds is 6. The lowest BCUT2D eigenvalue weighted by atomic mass is 9.89. The molecule has 1 N–H and O–H groups in total. The number of nitrogens with zero attached hydrogens (tertiary/aromatic N) is 1. The first kappa shape index (κ1) is 15.5. The summed E-state index contributed by atoms with van der Waals surface area (Å²) in [5.41, 5.74) is 0. The summed E-state index contributed by atoms with van der Waals surface area (Å²) in [4.78, 5) is 13.1. The quantitative estimate of drug-likeness (QED) is 0.740. The van der Waals surface area contributed by atoms with Crippen LogP contribution in [0.4, 0.5) is 0 Å². The van der Waals surface area contributed by atoms with Gasteiger partial charge in [-0.3, -0.25) is 4.79 Å². The lowest BCUT2D eigenvalue weighted by molar-refractivity contribution is -0.137.